The Kier molecular flexibility index (Phi) is 4.08. The summed E-state index contributed by atoms with van der Waals surface area (Å²) < 4.78 is 22.9. The first kappa shape index (κ1) is 14.5. The van der Waals surface area contributed by atoms with Crippen LogP contribution in [0.3, 0.4) is 0 Å². The Balaban J connectivity index is 2.23. The number of carboxylic acids is 1. The summed E-state index contributed by atoms with van der Waals surface area (Å²) in [5.74, 6) is -2.45. The van der Waals surface area contributed by atoms with Crippen molar-refractivity contribution in [3.63, 3.8) is 0 Å². The van der Waals surface area contributed by atoms with E-state index in [-0.39, 0.29) is 17.9 Å². The molecule has 0 unspecified atom stereocenters. The maximum Gasteiger partial charge on any atom is 0.323 e. The third-order valence-electron chi connectivity index (χ3n) is 3.21. The second kappa shape index (κ2) is 5.62. The zero-order valence-corrected chi connectivity index (χ0v) is 11.5. The molecule has 1 amide bonds. The molecule has 1 aromatic rings. The number of aliphatic carboxylic acids is 1. The fourth-order valence-electron chi connectivity index (χ4n) is 2.25. The third kappa shape index (κ3) is 3.36. The average Bonchev–Trinajstić information content (AvgIpc) is 2.76. The molecule has 1 saturated heterocycles. The van der Waals surface area contributed by atoms with Crippen LogP contribution >= 0.6 is 0 Å². The molecule has 2 rings (SSSR count). The number of rotatable bonds is 4. The number of benzene rings is 1. The van der Waals surface area contributed by atoms with Crippen LogP contribution in [-0.4, -0.2) is 43.5 Å². The molecule has 6 nitrogen and oxygen atoms in total. The van der Waals surface area contributed by atoms with Crippen LogP contribution in [0.1, 0.15) is 6.42 Å². The maximum atomic E-state index is 12.4. The Bertz CT molecular complexity index is 611. The summed E-state index contributed by atoms with van der Waals surface area (Å²) in [5.41, 5.74) is 0.462. The Labute approximate surface area is 116 Å². The van der Waals surface area contributed by atoms with Crippen molar-refractivity contribution >= 4 is 27.4 Å². The molecular weight excluding hydrogens is 282 g/mol. The highest BCUT2D eigenvalue weighted by Crippen LogP contribution is 2.24. The first-order valence-electron chi connectivity index (χ1n) is 6.18. The lowest BCUT2D eigenvalue weighted by Gasteiger charge is -2.23. The van der Waals surface area contributed by atoms with Gasteiger partial charge in [-0.2, -0.15) is 0 Å². The predicted octanol–water partition coefficient (Wildman–Crippen LogP) is 0.539. The fourth-order valence-corrected chi connectivity index (χ4v) is 3.98. The van der Waals surface area contributed by atoms with E-state index in [2.05, 4.69) is 0 Å². The van der Waals surface area contributed by atoms with E-state index in [1.165, 1.54) is 0 Å². The van der Waals surface area contributed by atoms with Crippen LogP contribution in [0.5, 0.6) is 0 Å². The summed E-state index contributed by atoms with van der Waals surface area (Å²) in [5, 5.41) is 8.93. The SMILES string of the molecule is O=C(O)CN(C(=O)[C@H]1CCS(=O)(=O)C1)c1ccccc1. The molecule has 0 radical (unpaired) electrons. The lowest BCUT2D eigenvalue weighted by atomic mass is 10.1. The Morgan fingerprint density at radius 2 is 1.90 bits per heavy atom. The number of para-hydroxylation sites is 1. The Hall–Kier alpha value is -1.89. The molecule has 0 spiro atoms. The molecule has 0 saturated carbocycles. The van der Waals surface area contributed by atoms with Crippen LogP contribution < -0.4 is 4.90 Å². The quantitative estimate of drug-likeness (QED) is 0.875. The third-order valence-corrected chi connectivity index (χ3v) is 4.98. The number of sulfone groups is 1. The van der Waals surface area contributed by atoms with Gasteiger partial charge in [-0.1, -0.05) is 18.2 Å². The second-order valence-corrected chi connectivity index (χ2v) is 6.98. The number of nitrogens with zero attached hydrogens (tertiary/aromatic N) is 1. The molecule has 1 aromatic carbocycles. The first-order valence-corrected chi connectivity index (χ1v) is 8.00. The Morgan fingerprint density at radius 1 is 1.25 bits per heavy atom. The molecule has 1 atom stereocenters. The van der Waals surface area contributed by atoms with Crippen LogP contribution in [0.2, 0.25) is 0 Å². The van der Waals surface area contributed by atoms with E-state index in [1.807, 2.05) is 0 Å². The van der Waals surface area contributed by atoms with Crippen molar-refractivity contribution in [2.24, 2.45) is 5.92 Å². The van der Waals surface area contributed by atoms with Gasteiger partial charge in [-0.3, -0.25) is 9.59 Å². The van der Waals surface area contributed by atoms with Gasteiger partial charge < -0.3 is 10.0 Å². The molecule has 7 heteroatoms. The van der Waals surface area contributed by atoms with E-state index in [1.54, 1.807) is 30.3 Å². The van der Waals surface area contributed by atoms with Gasteiger partial charge in [-0.25, -0.2) is 8.42 Å². The number of hydrogen-bond acceptors (Lipinski definition) is 4. The minimum Gasteiger partial charge on any atom is -0.480 e. The first-order chi connectivity index (χ1) is 9.39. The minimum absolute atomic E-state index is 0.0148. The number of carbonyl (C=O) groups is 2. The summed E-state index contributed by atoms with van der Waals surface area (Å²) in [6.45, 7) is -0.473. The van der Waals surface area contributed by atoms with E-state index in [9.17, 15) is 18.0 Å². The average molecular weight is 297 g/mol. The van der Waals surface area contributed by atoms with Gasteiger partial charge >= 0.3 is 5.97 Å². The van der Waals surface area contributed by atoms with Gasteiger partial charge in [0.2, 0.25) is 5.91 Å². The van der Waals surface area contributed by atoms with Crippen molar-refractivity contribution in [3.8, 4) is 0 Å². The number of amides is 1. The molecule has 1 aliphatic heterocycles. The van der Waals surface area contributed by atoms with Gasteiger partial charge in [0.25, 0.3) is 0 Å². The van der Waals surface area contributed by atoms with E-state index in [0.29, 0.717) is 5.69 Å². The van der Waals surface area contributed by atoms with Crippen molar-refractivity contribution in [3.05, 3.63) is 30.3 Å². The van der Waals surface area contributed by atoms with Gasteiger partial charge in [0.15, 0.2) is 9.84 Å². The molecule has 1 aliphatic rings. The second-order valence-electron chi connectivity index (χ2n) is 4.75. The predicted molar refractivity (Wildman–Crippen MR) is 73.2 cm³/mol. The van der Waals surface area contributed by atoms with Gasteiger partial charge in [0.1, 0.15) is 6.54 Å². The molecule has 1 heterocycles. The summed E-state index contributed by atoms with van der Waals surface area (Å²) in [6.07, 6.45) is 0.254. The van der Waals surface area contributed by atoms with Crippen molar-refractivity contribution < 1.29 is 23.1 Å². The standard InChI is InChI=1S/C13H15NO5S/c15-12(16)8-14(11-4-2-1-3-5-11)13(17)10-6-7-20(18,19)9-10/h1-5,10H,6-9H2,(H,15,16)/t10-/m0/s1. The van der Waals surface area contributed by atoms with Crippen LogP contribution in [0.15, 0.2) is 30.3 Å². The smallest absolute Gasteiger partial charge is 0.323 e. The topological polar surface area (TPSA) is 91.8 Å². The molecule has 0 bridgehead atoms. The van der Waals surface area contributed by atoms with E-state index >= 15 is 0 Å². The van der Waals surface area contributed by atoms with Crippen molar-refractivity contribution in [2.45, 2.75) is 6.42 Å². The molecule has 0 aliphatic carbocycles. The molecule has 1 fully saturated rings. The highest BCUT2D eigenvalue weighted by Gasteiger charge is 2.36. The lowest BCUT2D eigenvalue weighted by molar-refractivity contribution is -0.137. The summed E-state index contributed by atoms with van der Waals surface area (Å²) in [6, 6.07) is 8.41. The summed E-state index contributed by atoms with van der Waals surface area (Å²) in [4.78, 5) is 24.4. The van der Waals surface area contributed by atoms with Gasteiger partial charge in [0.05, 0.1) is 17.4 Å². The number of carboxylic acid groups (broad SMARTS) is 1. The minimum atomic E-state index is -3.18. The van der Waals surface area contributed by atoms with Crippen molar-refractivity contribution in [1.29, 1.82) is 0 Å². The van der Waals surface area contributed by atoms with E-state index in [0.717, 1.165) is 4.90 Å². The fraction of sp³-hybridized carbons (Fsp3) is 0.385. The summed E-state index contributed by atoms with van der Waals surface area (Å²) in [7, 11) is -3.18. The Morgan fingerprint density at radius 3 is 2.40 bits per heavy atom. The zero-order valence-electron chi connectivity index (χ0n) is 10.7. The monoisotopic (exact) mass is 297 g/mol. The number of carbonyl (C=O) groups excluding carboxylic acids is 1. The van der Waals surface area contributed by atoms with Crippen LogP contribution in [0.4, 0.5) is 5.69 Å². The van der Waals surface area contributed by atoms with Gasteiger partial charge in [-0.15, -0.1) is 0 Å². The van der Waals surface area contributed by atoms with Gasteiger partial charge in [0, 0.05) is 5.69 Å². The normalized spacial score (nSPS) is 20.5. The zero-order chi connectivity index (χ0) is 14.8. The molecule has 108 valence electrons. The molecule has 0 aromatic heterocycles. The molecule has 1 N–H and O–H groups in total. The summed E-state index contributed by atoms with van der Waals surface area (Å²) >= 11 is 0. The van der Waals surface area contributed by atoms with E-state index in [4.69, 9.17) is 5.11 Å². The van der Waals surface area contributed by atoms with Crippen LogP contribution in [0.25, 0.3) is 0 Å². The molecule has 20 heavy (non-hydrogen) atoms. The highest BCUT2D eigenvalue weighted by atomic mass is 32.2. The maximum absolute atomic E-state index is 12.4. The number of hydrogen-bond donors (Lipinski definition) is 1. The lowest BCUT2D eigenvalue weighted by Crippen LogP contribution is -2.40. The van der Waals surface area contributed by atoms with Crippen LogP contribution in [0, 0.1) is 5.92 Å². The van der Waals surface area contributed by atoms with Crippen molar-refractivity contribution in [1.82, 2.24) is 0 Å². The number of anilines is 1. The van der Waals surface area contributed by atoms with Crippen LogP contribution in [-0.2, 0) is 19.4 Å². The molecular formula is C13H15NO5S. The van der Waals surface area contributed by atoms with E-state index < -0.39 is 34.2 Å². The highest BCUT2D eigenvalue weighted by molar-refractivity contribution is 7.91. The van der Waals surface area contributed by atoms with Crippen molar-refractivity contribution in [2.75, 3.05) is 23.0 Å². The largest absolute Gasteiger partial charge is 0.480 e. The van der Waals surface area contributed by atoms with Gasteiger partial charge in [-0.05, 0) is 18.6 Å².